The molecule has 2 aliphatic rings. The van der Waals surface area contributed by atoms with Gasteiger partial charge in [-0.3, -0.25) is 9.69 Å². The van der Waals surface area contributed by atoms with Crippen LogP contribution >= 0.6 is 0 Å². The van der Waals surface area contributed by atoms with Crippen LogP contribution in [0.25, 0.3) is 10.9 Å². The first-order valence-electron chi connectivity index (χ1n) is 11.3. The van der Waals surface area contributed by atoms with Crippen molar-refractivity contribution in [3.8, 4) is 5.75 Å². The van der Waals surface area contributed by atoms with Crippen molar-refractivity contribution in [2.45, 2.75) is 45.4 Å². The third-order valence-electron chi connectivity index (χ3n) is 6.41. The van der Waals surface area contributed by atoms with Gasteiger partial charge < -0.3 is 19.3 Å². The molecule has 1 saturated heterocycles. The molecule has 0 spiro atoms. The summed E-state index contributed by atoms with van der Waals surface area (Å²) >= 11 is 0. The number of carbonyl (C=O) groups is 3. The molecule has 0 aliphatic carbocycles. The van der Waals surface area contributed by atoms with E-state index in [9.17, 15) is 19.5 Å². The van der Waals surface area contributed by atoms with Crippen LogP contribution in [0.15, 0.2) is 42.5 Å². The van der Waals surface area contributed by atoms with Crippen LogP contribution in [-0.4, -0.2) is 56.6 Å². The van der Waals surface area contributed by atoms with E-state index in [0.29, 0.717) is 25.2 Å². The van der Waals surface area contributed by atoms with Crippen molar-refractivity contribution in [2.24, 2.45) is 0 Å². The molecule has 1 fully saturated rings. The van der Waals surface area contributed by atoms with Crippen LogP contribution in [0.4, 0.5) is 4.79 Å². The average Bonchev–Trinajstić information content (AvgIpc) is 3.08. The SMILES string of the molecule is CN1C(=O)C2CN(Cc3c2c2cc(O)ccc2n3Cc2ccc(C(=O)OC(C)(C)C)cc2)C1=O. The molecule has 34 heavy (non-hydrogen) atoms. The minimum Gasteiger partial charge on any atom is -0.508 e. The van der Waals surface area contributed by atoms with Crippen molar-refractivity contribution >= 4 is 28.8 Å². The van der Waals surface area contributed by atoms with E-state index in [2.05, 4.69) is 4.57 Å². The maximum absolute atomic E-state index is 13.0. The van der Waals surface area contributed by atoms with Gasteiger partial charge in [0.2, 0.25) is 5.91 Å². The van der Waals surface area contributed by atoms with Crippen molar-refractivity contribution in [3.05, 3.63) is 64.8 Å². The van der Waals surface area contributed by atoms with E-state index >= 15 is 0 Å². The smallest absolute Gasteiger partial charge is 0.338 e. The van der Waals surface area contributed by atoms with E-state index in [0.717, 1.165) is 27.7 Å². The van der Waals surface area contributed by atoms with Crippen molar-refractivity contribution in [1.29, 1.82) is 0 Å². The van der Waals surface area contributed by atoms with Crippen LogP contribution in [0.1, 0.15) is 53.9 Å². The second-order valence-electron chi connectivity index (χ2n) is 9.96. The minimum absolute atomic E-state index is 0.129. The fourth-order valence-electron chi connectivity index (χ4n) is 4.87. The maximum Gasteiger partial charge on any atom is 0.338 e. The zero-order chi connectivity index (χ0) is 24.4. The first kappa shape index (κ1) is 22.0. The molecule has 0 radical (unpaired) electrons. The second kappa shape index (κ2) is 7.62. The van der Waals surface area contributed by atoms with Gasteiger partial charge in [-0.05, 0) is 62.2 Å². The highest BCUT2D eigenvalue weighted by Crippen LogP contribution is 2.41. The Morgan fingerprint density at radius 3 is 2.50 bits per heavy atom. The molecular formula is C26H27N3O5. The number of nitrogens with zero attached hydrogens (tertiary/aromatic N) is 3. The molecule has 3 heterocycles. The van der Waals surface area contributed by atoms with Gasteiger partial charge in [0.25, 0.3) is 0 Å². The Hall–Kier alpha value is -3.81. The molecule has 1 N–H and O–H groups in total. The Kier molecular flexibility index (Phi) is 4.93. The summed E-state index contributed by atoms with van der Waals surface area (Å²) in [5.74, 6) is -0.942. The summed E-state index contributed by atoms with van der Waals surface area (Å²) in [7, 11) is 1.51. The molecule has 1 atom stereocenters. The van der Waals surface area contributed by atoms with Crippen LogP contribution in [0, 0.1) is 0 Å². The van der Waals surface area contributed by atoms with Crippen molar-refractivity contribution < 1.29 is 24.2 Å². The summed E-state index contributed by atoms with van der Waals surface area (Å²) in [6, 6.07) is 12.1. The van der Waals surface area contributed by atoms with Crippen LogP contribution in [0.2, 0.25) is 0 Å². The monoisotopic (exact) mass is 461 g/mol. The van der Waals surface area contributed by atoms with Crippen LogP contribution in [0.5, 0.6) is 5.75 Å². The lowest BCUT2D eigenvalue weighted by Gasteiger charge is -2.41. The Bertz CT molecular complexity index is 1330. The number of rotatable bonds is 3. The quantitative estimate of drug-likeness (QED) is 0.599. The van der Waals surface area contributed by atoms with Crippen molar-refractivity contribution in [3.63, 3.8) is 0 Å². The topological polar surface area (TPSA) is 92.1 Å². The molecule has 2 bridgehead atoms. The summed E-state index contributed by atoms with van der Waals surface area (Å²) in [6.07, 6.45) is 0. The zero-order valence-electron chi connectivity index (χ0n) is 19.7. The Balaban J connectivity index is 1.55. The fourth-order valence-corrected chi connectivity index (χ4v) is 4.87. The molecule has 1 aromatic heterocycles. The highest BCUT2D eigenvalue weighted by atomic mass is 16.6. The average molecular weight is 462 g/mol. The number of amides is 3. The van der Waals surface area contributed by atoms with Gasteiger partial charge in [-0.25, -0.2) is 9.59 Å². The van der Waals surface area contributed by atoms with Crippen LogP contribution < -0.4 is 0 Å². The van der Waals surface area contributed by atoms with Gasteiger partial charge in [0.15, 0.2) is 0 Å². The number of imide groups is 1. The predicted molar refractivity (Wildman–Crippen MR) is 126 cm³/mol. The van der Waals surface area contributed by atoms with Gasteiger partial charge in [-0.1, -0.05) is 12.1 Å². The molecule has 1 unspecified atom stereocenters. The van der Waals surface area contributed by atoms with E-state index in [1.165, 1.54) is 11.9 Å². The third kappa shape index (κ3) is 3.59. The Morgan fingerprint density at radius 2 is 1.82 bits per heavy atom. The van der Waals surface area contributed by atoms with Crippen LogP contribution in [0.3, 0.4) is 0 Å². The third-order valence-corrected chi connectivity index (χ3v) is 6.41. The van der Waals surface area contributed by atoms with E-state index in [-0.39, 0.29) is 23.7 Å². The number of likely N-dealkylation sites (N-methyl/N-ethyl adjacent to an activating group) is 1. The summed E-state index contributed by atoms with van der Waals surface area (Å²) in [6.45, 7) is 6.70. The number of carbonyl (C=O) groups excluding carboxylic acids is 3. The first-order chi connectivity index (χ1) is 16.0. The number of fused-ring (bicyclic) bond motifs is 6. The van der Waals surface area contributed by atoms with Gasteiger partial charge in [0.05, 0.1) is 18.0 Å². The van der Waals surface area contributed by atoms with Gasteiger partial charge in [0, 0.05) is 36.7 Å². The lowest BCUT2D eigenvalue weighted by atomic mass is 9.89. The molecule has 5 rings (SSSR count). The second-order valence-corrected chi connectivity index (χ2v) is 9.96. The Morgan fingerprint density at radius 1 is 1.12 bits per heavy atom. The maximum atomic E-state index is 13.0. The normalized spacial score (nSPS) is 17.8. The Labute approximate surface area is 197 Å². The summed E-state index contributed by atoms with van der Waals surface area (Å²) in [5, 5.41) is 11.0. The summed E-state index contributed by atoms with van der Waals surface area (Å²) in [4.78, 5) is 40.8. The number of aromatic nitrogens is 1. The molecule has 8 nitrogen and oxygen atoms in total. The number of ether oxygens (including phenoxy) is 1. The highest BCUT2D eigenvalue weighted by Gasteiger charge is 2.44. The van der Waals surface area contributed by atoms with Crippen molar-refractivity contribution in [1.82, 2.24) is 14.4 Å². The number of urea groups is 1. The van der Waals surface area contributed by atoms with Gasteiger partial charge in [0.1, 0.15) is 11.4 Å². The molecule has 3 amide bonds. The van der Waals surface area contributed by atoms with E-state index < -0.39 is 11.5 Å². The zero-order valence-corrected chi connectivity index (χ0v) is 19.7. The number of hydrogen-bond acceptors (Lipinski definition) is 5. The number of aromatic hydroxyl groups is 1. The highest BCUT2D eigenvalue weighted by molar-refractivity contribution is 6.04. The minimum atomic E-state index is -0.569. The van der Waals surface area contributed by atoms with Crippen molar-refractivity contribution in [2.75, 3.05) is 13.6 Å². The lowest BCUT2D eigenvalue weighted by Crippen LogP contribution is -2.56. The molecule has 0 saturated carbocycles. The van der Waals surface area contributed by atoms with Gasteiger partial charge >= 0.3 is 12.0 Å². The standard InChI is InChI=1S/C26H27N3O5/c1-26(2,3)34-24(32)16-7-5-15(6-8-16)12-29-20-10-9-17(30)11-18(20)22-19-13-28(14-21(22)29)25(33)27(4)23(19)31/h5-11,19,30H,12-14H2,1-4H3. The number of hydrogen-bond donors (Lipinski definition) is 1. The largest absolute Gasteiger partial charge is 0.508 e. The molecule has 2 aromatic carbocycles. The lowest BCUT2D eigenvalue weighted by molar-refractivity contribution is -0.132. The number of phenolic OH excluding ortho intramolecular Hbond substituents is 1. The van der Waals surface area contributed by atoms with E-state index in [1.54, 1.807) is 29.2 Å². The number of esters is 1. The molecule has 2 aliphatic heterocycles. The van der Waals surface area contributed by atoms with Gasteiger partial charge in [-0.15, -0.1) is 0 Å². The molecule has 3 aromatic rings. The number of benzene rings is 2. The van der Waals surface area contributed by atoms with E-state index in [4.69, 9.17) is 4.74 Å². The van der Waals surface area contributed by atoms with E-state index in [1.807, 2.05) is 39.0 Å². The predicted octanol–water partition coefficient (Wildman–Crippen LogP) is 3.84. The summed E-state index contributed by atoms with van der Waals surface area (Å²) < 4.78 is 7.54. The summed E-state index contributed by atoms with van der Waals surface area (Å²) in [5.41, 5.74) is 3.51. The molecule has 176 valence electrons. The number of phenols is 1. The van der Waals surface area contributed by atoms with Gasteiger partial charge in [-0.2, -0.15) is 0 Å². The fraction of sp³-hybridized carbons (Fsp3) is 0.346. The van der Waals surface area contributed by atoms with Crippen LogP contribution in [-0.2, 0) is 22.6 Å². The molecule has 8 heteroatoms. The molecular weight excluding hydrogens is 434 g/mol. The first-order valence-corrected chi connectivity index (χ1v) is 11.3.